The molecule has 4 rings (SSSR count). The van der Waals surface area contributed by atoms with Gasteiger partial charge in [0.25, 0.3) is 5.91 Å². The van der Waals surface area contributed by atoms with Gasteiger partial charge in [-0.25, -0.2) is 0 Å². The number of thioether (sulfide) groups is 1. The van der Waals surface area contributed by atoms with Crippen LogP contribution in [0.2, 0.25) is 5.02 Å². The summed E-state index contributed by atoms with van der Waals surface area (Å²) in [5.74, 6) is -1.74. The van der Waals surface area contributed by atoms with E-state index in [0.717, 1.165) is 32.1 Å². The van der Waals surface area contributed by atoms with E-state index in [2.05, 4.69) is 13.2 Å². The lowest BCUT2D eigenvalue weighted by molar-refractivity contribution is -0.154. The van der Waals surface area contributed by atoms with Gasteiger partial charge in [-0.2, -0.15) is 0 Å². The largest absolute Gasteiger partial charge is 0.465 e. The summed E-state index contributed by atoms with van der Waals surface area (Å²) in [7, 11) is 0. The molecule has 1 N–H and O–H groups in total. The zero-order valence-corrected chi connectivity index (χ0v) is 24.0. The van der Waals surface area contributed by atoms with Gasteiger partial charge in [-0.3, -0.25) is 14.4 Å². The van der Waals surface area contributed by atoms with Crippen LogP contribution < -0.4 is 4.90 Å². The molecule has 0 radical (unpaired) electrons. The molecule has 0 saturated carbocycles. The molecule has 5 atom stereocenters. The van der Waals surface area contributed by atoms with Crippen LogP contribution in [-0.2, 0) is 19.1 Å². The number of unbranched alkanes of at least 4 members (excludes halogenated alkanes) is 4. The van der Waals surface area contributed by atoms with Gasteiger partial charge in [0.15, 0.2) is 0 Å². The van der Waals surface area contributed by atoms with Gasteiger partial charge in [-0.15, -0.1) is 24.9 Å². The van der Waals surface area contributed by atoms with Crippen molar-refractivity contribution in [2.75, 3.05) is 31.2 Å². The van der Waals surface area contributed by atoms with Gasteiger partial charge in [0, 0.05) is 35.7 Å². The van der Waals surface area contributed by atoms with Crippen LogP contribution in [0, 0.1) is 11.8 Å². The number of benzene rings is 1. The van der Waals surface area contributed by atoms with Crippen molar-refractivity contribution in [2.24, 2.45) is 11.8 Å². The molecule has 3 aliphatic rings. The predicted molar refractivity (Wildman–Crippen MR) is 156 cm³/mol. The van der Waals surface area contributed by atoms with Gasteiger partial charge in [-0.1, -0.05) is 23.8 Å². The highest BCUT2D eigenvalue weighted by Gasteiger charge is 2.74. The third-order valence-electron chi connectivity index (χ3n) is 8.13. The Balaban J connectivity index is 1.63. The van der Waals surface area contributed by atoms with Crippen molar-refractivity contribution >= 4 is 46.8 Å². The Kier molecular flexibility index (Phi) is 10.2. The molecule has 7 nitrogen and oxygen atoms in total. The van der Waals surface area contributed by atoms with Crippen molar-refractivity contribution in [1.82, 2.24) is 4.90 Å². The summed E-state index contributed by atoms with van der Waals surface area (Å²) in [5.41, 5.74) is 0.685. The second-order valence-electron chi connectivity index (χ2n) is 10.5. The number of esters is 1. The number of halogens is 1. The molecule has 2 bridgehead atoms. The molecule has 0 aromatic heterocycles. The zero-order chi connectivity index (χ0) is 28.0. The lowest BCUT2D eigenvalue weighted by Gasteiger charge is -2.37. The number of likely N-dealkylation sites (tertiary alicyclic amines) is 1. The van der Waals surface area contributed by atoms with Gasteiger partial charge < -0.3 is 19.6 Å². The predicted octanol–water partition coefficient (Wildman–Crippen LogP) is 5.01. The fourth-order valence-corrected chi connectivity index (χ4v) is 8.72. The maximum absolute atomic E-state index is 14.4. The van der Waals surface area contributed by atoms with Crippen LogP contribution in [0.15, 0.2) is 49.6 Å². The van der Waals surface area contributed by atoms with Gasteiger partial charge >= 0.3 is 5.97 Å². The van der Waals surface area contributed by atoms with Gasteiger partial charge in [-0.05, 0) is 75.6 Å². The average molecular weight is 575 g/mol. The van der Waals surface area contributed by atoms with E-state index in [1.807, 2.05) is 6.08 Å². The van der Waals surface area contributed by atoms with Crippen LogP contribution in [0.1, 0.15) is 51.4 Å². The van der Waals surface area contributed by atoms with E-state index in [0.29, 0.717) is 43.1 Å². The Labute approximate surface area is 240 Å². The van der Waals surface area contributed by atoms with Gasteiger partial charge in [0.2, 0.25) is 5.91 Å². The van der Waals surface area contributed by atoms with Crippen LogP contribution in [0.5, 0.6) is 0 Å². The molecule has 1 spiro atoms. The Morgan fingerprint density at radius 1 is 1.15 bits per heavy atom. The highest BCUT2D eigenvalue weighted by molar-refractivity contribution is 8.02. The molecule has 3 fully saturated rings. The normalized spacial score (nSPS) is 26.9. The summed E-state index contributed by atoms with van der Waals surface area (Å²) in [6.45, 7) is 8.69. The number of fused-ring (bicyclic) bond motifs is 1. The number of carbonyl (C=O) groups is 3. The monoisotopic (exact) mass is 574 g/mol. The molecular formula is C30H39ClN2O5S. The summed E-state index contributed by atoms with van der Waals surface area (Å²) in [4.78, 5) is 45.2. The number of carbonyl (C=O) groups excluding carboxylic acids is 3. The lowest BCUT2D eigenvalue weighted by atomic mass is 9.71. The Hall–Kier alpha value is -2.29. The van der Waals surface area contributed by atoms with Crippen LogP contribution in [-0.4, -0.2) is 70.1 Å². The maximum Gasteiger partial charge on any atom is 0.310 e. The molecule has 0 aliphatic carbocycles. The minimum atomic E-state index is -0.694. The molecule has 3 aliphatic heterocycles. The van der Waals surface area contributed by atoms with Gasteiger partial charge in [0.1, 0.15) is 6.04 Å². The number of ether oxygens (including phenoxy) is 1. The Morgan fingerprint density at radius 2 is 1.92 bits per heavy atom. The van der Waals surface area contributed by atoms with Crippen LogP contribution in [0.3, 0.4) is 0 Å². The highest BCUT2D eigenvalue weighted by Crippen LogP contribution is 2.66. The third kappa shape index (κ3) is 5.93. The molecule has 9 heteroatoms. The van der Waals surface area contributed by atoms with Crippen molar-refractivity contribution in [1.29, 1.82) is 0 Å². The maximum atomic E-state index is 14.4. The van der Waals surface area contributed by atoms with E-state index >= 15 is 0 Å². The summed E-state index contributed by atoms with van der Waals surface area (Å²) in [6.07, 6.45) is 9.58. The first-order valence-electron chi connectivity index (χ1n) is 13.9. The van der Waals surface area contributed by atoms with Crippen molar-refractivity contribution in [3.05, 3.63) is 54.6 Å². The number of aliphatic hydroxyl groups excluding tert-OH is 1. The SMILES string of the molecule is C=CCCCCOC(=O)[C@@H]1[C@@H]2CCC3(S2)C(C(=O)N(CC=C)c2ccc(Cl)cc2)N(CCCCCO)C(=O)[C@H]13. The van der Waals surface area contributed by atoms with Gasteiger partial charge in [0.05, 0.1) is 23.2 Å². The first-order chi connectivity index (χ1) is 18.9. The first kappa shape index (κ1) is 29.7. The first-order valence-corrected chi connectivity index (χ1v) is 15.2. The number of aliphatic hydroxyl groups is 1. The number of hydrogen-bond acceptors (Lipinski definition) is 6. The Morgan fingerprint density at radius 3 is 2.62 bits per heavy atom. The summed E-state index contributed by atoms with van der Waals surface area (Å²) >= 11 is 7.75. The van der Waals surface area contributed by atoms with Crippen molar-refractivity contribution in [2.45, 2.75) is 67.4 Å². The molecule has 212 valence electrons. The van der Waals surface area contributed by atoms with E-state index in [4.69, 9.17) is 16.3 Å². The molecule has 1 aromatic rings. The van der Waals surface area contributed by atoms with Crippen molar-refractivity contribution < 1.29 is 24.2 Å². The minimum absolute atomic E-state index is 0.0325. The fraction of sp³-hybridized carbons (Fsp3) is 0.567. The van der Waals surface area contributed by atoms with Crippen LogP contribution in [0.4, 0.5) is 5.69 Å². The second-order valence-corrected chi connectivity index (χ2v) is 12.6. The molecule has 39 heavy (non-hydrogen) atoms. The Bertz CT molecular complexity index is 1070. The fourth-order valence-electron chi connectivity index (χ4n) is 6.39. The summed E-state index contributed by atoms with van der Waals surface area (Å²) in [6, 6.07) is 6.38. The van der Waals surface area contributed by atoms with E-state index in [9.17, 15) is 19.5 Å². The minimum Gasteiger partial charge on any atom is -0.465 e. The average Bonchev–Trinajstić information content (AvgIpc) is 3.57. The quantitative estimate of drug-likeness (QED) is 0.180. The molecule has 3 heterocycles. The number of nitrogens with zero attached hydrogens (tertiary/aromatic N) is 2. The standard InChI is InChI=1S/C30H39ClN2O5S/c1-3-5-6-10-20-38-29(37)24-23-15-16-30(39-23)25(24)27(35)33(18-8-7-9-19-34)26(30)28(36)32(17-4-2)22-13-11-21(31)12-14-22/h3-4,11-14,23-26,34H,1-2,5-10,15-20H2/t23-,24+,25-,26?,30?/m0/s1. The highest BCUT2D eigenvalue weighted by atomic mass is 35.5. The summed E-state index contributed by atoms with van der Waals surface area (Å²) in [5, 5.41) is 9.78. The molecule has 1 aromatic carbocycles. The topological polar surface area (TPSA) is 87.2 Å². The van der Waals surface area contributed by atoms with E-state index in [-0.39, 0.29) is 36.2 Å². The number of rotatable bonds is 15. The van der Waals surface area contributed by atoms with E-state index in [1.165, 1.54) is 0 Å². The number of anilines is 1. The second kappa shape index (κ2) is 13.4. The molecular weight excluding hydrogens is 536 g/mol. The van der Waals surface area contributed by atoms with Crippen molar-refractivity contribution in [3.63, 3.8) is 0 Å². The zero-order valence-electron chi connectivity index (χ0n) is 22.4. The van der Waals surface area contributed by atoms with E-state index < -0.39 is 22.6 Å². The molecule has 2 amide bonds. The number of hydrogen-bond donors (Lipinski definition) is 1. The third-order valence-corrected chi connectivity index (χ3v) is 10.3. The molecule has 2 unspecified atom stereocenters. The van der Waals surface area contributed by atoms with Crippen molar-refractivity contribution in [3.8, 4) is 0 Å². The van der Waals surface area contributed by atoms with Crippen LogP contribution in [0.25, 0.3) is 0 Å². The lowest BCUT2D eigenvalue weighted by Crippen LogP contribution is -2.55. The van der Waals surface area contributed by atoms with E-state index in [1.54, 1.807) is 51.9 Å². The number of amides is 2. The number of allylic oxidation sites excluding steroid dienone is 1. The molecule has 3 saturated heterocycles. The van der Waals surface area contributed by atoms with Crippen LogP contribution >= 0.6 is 23.4 Å². The summed E-state index contributed by atoms with van der Waals surface area (Å²) < 4.78 is 5.01. The smallest absolute Gasteiger partial charge is 0.310 e.